The van der Waals surface area contributed by atoms with Gasteiger partial charge >= 0.3 is 0 Å². The molecule has 0 fully saturated rings. The number of pyridine rings is 1. The first-order valence-electron chi connectivity index (χ1n) is 11.7. The van der Waals surface area contributed by atoms with Gasteiger partial charge in [-0.3, -0.25) is 0 Å². The second kappa shape index (κ2) is 17.5. The van der Waals surface area contributed by atoms with Gasteiger partial charge in [0.2, 0.25) is 0 Å². The Balaban J connectivity index is 0.00000480. The summed E-state index contributed by atoms with van der Waals surface area (Å²) >= 11 is 4.27. The lowest BCUT2D eigenvalue weighted by Crippen LogP contribution is -3.00. The first kappa shape index (κ1) is 28.0. The van der Waals surface area contributed by atoms with E-state index >= 15 is 0 Å². The summed E-state index contributed by atoms with van der Waals surface area (Å²) in [5.74, 6) is 1.04. The topological polar surface area (TPSA) is 7.12 Å². The first-order valence-corrected chi connectivity index (χ1v) is 12.4. The van der Waals surface area contributed by atoms with Crippen LogP contribution in [0.3, 0.4) is 0 Å². The van der Waals surface area contributed by atoms with E-state index in [2.05, 4.69) is 90.1 Å². The van der Waals surface area contributed by atoms with E-state index < -0.39 is 0 Å². The molecule has 0 N–H and O–H groups in total. The maximum Gasteiger partial charge on any atom is 0.169 e. The van der Waals surface area contributed by atoms with Crippen LogP contribution in [0.5, 0.6) is 0 Å². The summed E-state index contributed by atoms with van der Waals surface area (Å²) in [5, 5.41) is 0. The van der Waals surface area contributed by atoms with E-state index in [1.165, 1.54) is 81.0 Å². The highest BCUT2D eigenvalue weighted by Gasteiger charge is 2.01. The van der Waals surface area contributed by atoms with E-state index in [1.807, 2.05) is 7.05 Å². The van der Waals surface area contributed by atoms with Crippen LogP contribution in [0.1, 0.15) is 75.3 Å². The summed E-state index contributed by atoms with van der Waals surface area (Å²) in [7, 11) is 4.25. The summed E-state index contributed by atoms with van der Waals surface area (Å²) < 4.78 is 2.05. The summed E-state index contributed by atoms with van der Waals surface area (Å²) in [4.78, 5) is 2.38. The molecule has 0 unspecified atom stereocenters. The fraction of sp³-hybridized carbons (Fsp3) is 0.519. The molecule has 2 aromatic rings. The van der Waals surface area contributed by atoms with E-state index in [-0.39, 0.29) is 24.0 Å². The quantitative estimate of drug-likeness (QED) is 0.152. The van der Waals surface area contributed by atoms with Crippen molar-refractivity contribution < 1.29 is 28.5 Å². The number of aryl methyl sites for hydroxylation is 1. The minimum absolute atomic E-state index is 0. The van der Waals surface area contributed by atoms with Crippen molar-refractivity contribution in [3.8, 4) is 0 Å². The van der Waals surface area contributed by atoms with E-state index in [1.54, 1.807) is 0 Å². The molecule has 0 spiro atoms. The van der Waals surface area contributed by atoms with Crippen molar-refractivity contribution in [3.05, 3.63) is 59.9 Å². The van der Waals surface area contributed by atoms with Gasteiger partial charge in [0.05, 0.1) is 0 Å². The molecule has 31 heavy (non-hydrogen) atoms. The van der Waals surface area contributed by atoms with Gasteiger partial charge in [0.15, 0.2) is 12.4 Å². The molecule has 172 valence electrons. The van der Waals surface area contributed by atoms with Gasteiger partial charge in [-0.2, -0.15) is 12.6 Å². The molecular formula is C27H41IN2S. The van der Waals surface area contributed by atoms with Gasteiger partial charge in [-0.05, 0) is 41.9 Å². The molecule has 2 nitrogen and oxygen atoms in total. The predicted molar refractivity (Wildman–Crippen MR) is 136 cm³/mol. The lowest BCUT2D eigenvalue weighted by Gasteiger charge is -2.19. The molecule has 1 aromatic heterocycles. The van der Waals surface area contributed by atoms with Gasteiger partial charge in [-0.25, -0.2) is 4.57 Å². The van der Waals surface area contributed by atoms with Crippen molar-refractivity contribution >= 4 is 30.5 Å². The Morgan fingerprint density at radius 2 is 1.16 bits per heavy atom. The van der Waals surface area contributed by atoms with E-state index in [9.17, 15) is 0 Å². The number of rotatable bonds is 15. The lowest BCUT2D eigenvalue weighted by atomic mass is 10.1. The molecule has 0 saturated heterocycles. The number of halogens is 1. The minimum Gasteiger partial charge on any atom is -1.00 e. The molecule has 1 heterocycles. The average Bonchev–Trinajstić information content (AvgIpc) is 2.77. The van der Waals surface area contributed by atoms with Crippen LogP contribution in [0.4, 0.5) is 5.69 Å². The third-order valence-electron chi connectivity index (χ3n) is 5.71. The van der Waals surface area contributed by atoms with Crippen LogP contribution in [0.15, 0.2) is 48.8 Å². The van der Waals surface area contributed by atoms with Crippen LogP contribution in [-0.4, -0.2) is 19.3 Å². The van der Waals surface area contributed by atoms with Crippen LogP contribution in [0.2, 0.25) is 0 Å². The highest BCUT2D eigenvalue weighted by Crippen LogP contribution is 2.17. The number of hydrogen-bond donors (Lipinski definition) is 1. The number of hydrogen-bond acceptors (Lipinski definition) is 2. The zero-order chi connectivity index (χ0) is 21.4. The number of nitrogens with zero attached hydrogens (tertiary/aromatic N) is 2. The second-order valence-corrected chi connectivity index (χ2v) is 8.85. The van der Waals surface area contributed by atoms with E-state index in [0.717, 1.165) is 12.3 Å². The Morgan fingerprint density at radius 3 is 1.68 bits per heavy atom. The standard InChI is InChI=1S/C27H40N2S.HI/c1-28-22-19-26(20-23-28)14-13-25-15-17-27(18-16-25)29(2)21-11-9-7-5-3-4-6-8-10-12-24-30;/h13-20,22-23H,3-12,21,24H2,1-2H3;1H. The summed E-state index contributed by atoms with van der Waals surface area (Å²) in [5.41, 5.74) is 3.77. The minimum atomic E-state index is 0. The van der Waals surface area contributed by atoms with Gasteiger partial charge < -0.3 is 28.9 Å². The predicted octanol–water partition coefficient (Wildman–Crippen LogP) is 3.95. The van der Waals surface area contributed by atoms with Crippen LogP contribution >= 0.6 is 12.6 Å². The van der Waals surface area contributed by atoms with E-state index in [0.29, 0.717) is 0 Å². The molecular weight excluding hydrogens is 511 g/mol. The molecule has 0 bridgehead atoms. The third-order valence-corrected chi connectivity index (χ3v) is 6.02. The molecule has 1 aromatic carbocycles. The number of thiol groups is 1. The highest BCUT2D eigenvalue weighted by atomic mass is 127. The van der Waals surface area contributed by atoms with Gasteiger partial charge in [0.25, 0.3) is 0 Å². The van der Waals surface area contributed by atoms with Crippen molar-refractivity contribution in [1.82, 2.24) is 0 Å². The van der Waals surface area contributed by atoms with E-state index in [4.69, 9.17) is 0 Å². The van der Waals surface area contributed by atoms with Crippen molar-refractivity contribution in [1.29, 1.82) is 0 Å². The van der Waals surface area contributed by atoms with Crippen molar-refractivity contribution in [3.63, 3.8) is 0 Å². The molecule has 0 saturated carbocycles. The number of aromatic nitrogens is 1. The highest BCUT2D eigenvalue weighted by molar-refractivity contribution is 7.80. The normalized spacial score (nSPS) is 10.9. The summed E-state index contributed by atoms with van der Waals surface area (Å²) in [6, 6.07) is 13.1. The van der Waals surface area contributed by atoms with Gasteiger partial charge in [-0.1, -0.05) is 75.7 Å². The molecule has 4 heteroatoms. The van der Waals surface area contributed by atoms with Crippen molar-refractivity contribution in [2.45, 2.75) is 64.2 Å². The Kier molecular flexibility index (Phi) is 15.9. The molecule has 0 aliphatic carbocycles. The third kappa shape index (κ3) is 12.6. The van der Waals surface area contributed by atoms with Crippen molar-refractivity contribution in [2.75, 3.05) is 24.2 Å². The monoisotopic (exact) mass is 552 g/mol. The Morgan fingerprint density at radius 1 is 0.710 bits per heavy atom. The largest absolute Gasteiger partial charge is 1.00 e. The Hall–Kier alpha value is -1.01. The molecule has 0 radical (unpaired) electrons. The zero-order valence-electron chi connectivity index (χ0n) is 19.5. The maximum atomic E-state index is 4.27. The average molecular weight is 553 g/mol. The van der Waals surface area contributed by atoms with Gasteiger partial charge in [0.1, 0.15) is 7.05 Å². The van der Waals surface area contributed by atoms with Crippen molar-refractivity contribution in [2.24, 2.45) is 7.05 Å². The smallest absolute Gasteiger partial charge is 0.169 e. The molecule has 0 atom stereocenters. The van der Waals surface area contributed by atoms with Crippen LogP contribution in [-0.2, 0) is 7.05 Å². The zero-order valence-corrected chi connectivity index (χ0v) is 22.5. The number of unbranched alkanes of at least 4 members (excludes halogenated alkanes) is 9. The first-order chi connectivity index (χ1) is 14.7. The van der Waals surface area contributed by atoms with Crippen LogP contribution in [0.25, 0.3) is 12.2 Å². The number of anilines is 1. The SMILES string of the molecule is CN(CCCCCCCCCCCCS)c1ccc(/C=C/c2cc[n+](C)cc2)cc1.[I-]. The Labute approximate surface area is 213 Å². The lowest BCUT2D eigenvalue weighted by molar-refractivity contribution is -0.671. The molecule has 0 aliphatic rings. The fourth-order valence-corrected chi connectivity index (χ4v) is 3.88. The summed E-state index contributed by atoms with van der Waals surface area (Å²) in [6.07, 6.45) is 22.2. The fourth-order valence-electron chi connectivity index (χ4n) is 3.66. The second-order valence-electron chi connectivity index (χ2n) is 8.40. The molecule has 0 aliphatic heterocycles. The molecule has 2 rings (SSSR count). The molecule has 0 amide bonds. The van der Waals surface area contributed by atoms with Gasteiger partial charge in [0, 0.05) is 31.4 Å². The van der Waals surface area contributed by atoms with Crippen LogP contribution < -0.4 is 33.4 Å². The summed E-state index contributed by atoms with van der Waals surface area (Å²) in [6.45, 7) is 1.14. The maximum absolute atomic E-state index is 4.27. The van der Waals surface area contributed by atoms with Gasteiger partial charge in [-0.15, -0.1) is 0 Å². The van der Waals surface area contributed by atoms with Crippen LogP contribution in [0, 0.1) is 0 Å². The number of benzene rings is 1. The Bertz CT molecular complexity index is 713.